The lowest BCUT2D eigenvalue weighted by Crippen LogP contribution is -2.40. The lowest BCUT2D eigenvalue weighted by Gasteiger charge is -2.26. The predicted octanol–water partition coefficient (Wildman–Crippen LogP) is 3.54. The fourth-order valence-corrected chi connectivity index (χ4v) is 5.45. The molecule has 1 atom stereocenters. The van der Waals surface area contributed by atoms with Crippen LogP contribution in [0.15, 0.2) is 68.4 Å². The summed E-state index contributed by atoms with van der Waals surface area (Å²) in [7, 11) is 3.11. The molecule has 1 aromatic heterocycles. The molecule has 0 saturated heterocycles. The number of rotatable bonds is 7. The molecule has 0 saturated carbocycles. The Bertz CT molecular complexity index is 1470. The number of thiazole rings is 1. The van der Waals surface area contributed by atoms with Gasteiger partial charge in [0, 0.05) is 10.5 Å². The van der Waals surface area contributed by atoms with Crippen molar-refractivity contribution in [2.24, 2.45) is 4.99 Å². The maximum absolute atomic E-state index is 13.7. The number of carbonyl (C=O) groups is 1. The van der Waals surface area contributed by atoms with Gasteiger partial charge in [-0.1, -0.05) is 23.5 Å². The normalized spacial score (nSPS) is 15.5. The zero-order valence-electron chi connectivity index (χ0n) is 20.2. The molecule has 2 aromatic carbocycles. The fraction of sp³-hybridized carbons (Fsp3) is 0.269. The molecule has 0 spiro atoms. The minimum Gasteiger partial charge on any atom is -0.497 e. The molecule has 182 valence electrons. The van der Waals surface area contributed by atoms with Crippen LogP contribution in [-0.2, 0) is 9.53 Å². The van der Waals surface area contributed by atoms with Crippen LogP contribution in [0.3, 0.4) is 0 Å². The van der Waals surface area contributed by atoms with E-state index in [4.69, 9.17) is 14.2 Å². The summed E-state index contributed by atoms with van der Waals surface area (Å²) in [6, 6.07) is 12.5. The number of nitrogens with zero attached hydrogens (tertiary/aromatic N) is 2. The third-order valence-electron chi connectivity index (χ3n) is 5.66. The molecule has 9 heteroatoms. The molecule has 0 fully saturated rings. The summed E-state index contributed by atoms with van der Waals surface area (Å²) >= 11 is 2.94. The molecule has 7 nitrogen and oxygen atoms in total. The molecule has 0 N–H and O–H groups in total. The lowest BCUT2D eigenvalue weighted by atomic mass is 9.94. The van der Waals surface area contributed by atoms with E-state index in [0.29, 0.717) is 37.7 Å². The van der Waals surface area contributed by atoms with Gasteiger partial charge in [-0.05, 0) is 62.1 Å². The van der Waals surface area contributed by atoms with Gasteiger partial charge < -0.3 is 14.2 Å². The molecule has 0 amide bonds. The van der Waals surface area contributed by atoms with Gasteiger partial charge in [-0.3, -0.25) is 9.36 Å². The fourth-order valence-electron chi connectivity index (χ4n) is 3.99. The Morgan fingerprint density at radius 2 is 1.91 bits per heavy atom. The molecule has 0 aliphatic carbocycles. The molecule has 0 unspecified atom stereocenters. The molecular formula is C26H26N2O5S2. The zero-order valence-corrected chi connectivity index (χ0v) is 21.8. The Kier molecular flexibility index (Phi) is 7.47. The molecule has 3 aromatic rings. The van der Waals surface area contributed by atoms with E-state index in [-0.39, 0.29) is 12.2 Å². The second-order valence-electron chi connectivity index (χ2n) is 7.68. The van der Waals surface area contributed by atoms with E-state index in [9.17, 15) is 9.59 Å². The van der Waals surface area contributed by atoms with Gasteiger partial charge in [0.1, 0.15) is 17.5 Å². The standard InChI is InChI=1S/C26H26N2O5S2/c1-6-33-25(30)22-15(2)27-26-28(23(22)19-14-17(31-3)9-12-20(19)32-4)24(29)21(35-26)13-16-7-10-18(34-5)11-8-16/h7-14,23H,6H2,1-5H3/b21-13+/t23-/m0/s1. The van der Waals surface area contributed by atoms with Crippen molar-refractivity contribution >= 4 is 35.1 Å². The van der Waals surface area contributed by atoms with Crippen molar-refractivity contribution in [2.75, 3.05) is 27.1 Å². The summed E-state index contributed by atoms with van der Waals surface area (Å²) < 4.78 is 18.5. The third-order valence-corrected chi connectivity index (χ3v) is 7.39. The van der Waals surface area contributed by atoms with E-state index >= 15 is 0 Å². The zero-order chi connectivity index (χ0) is 25.1. The molecule has 0 bridgehead atoms. The Morgan fingerprint density at radius 3 is 2.54 bits per heavy atom. The number of aromatic nitrogens is 1. The van der Waals surface area contributed by atoms with Crippen LogP contribution in [0.1, 0.15) is 31.0 Å². The molecule has 0 radical (unpaired) electrons. The largest absolute Gasteiger partial charge is 0.497 e. The molecule has 4 rings (SSSR count). The highest BCUT2D eigenvalue weighted by atomic mass is 32.2. The molecule has 1 aliphatic heterocycles. The number of methoxy groups -OCH3 is 2. The van der Waals surface area contributed by atoms with Gasteiger partial charge in [-0.25, -0.2) is 9.79 Å². The van der Waals surface area contributed by atoms with Crippen molar-refractivity contribution < 1.29 is 19.0 Å². The highest BCUT2D eigenvalue weighted by Gasteiger charge is 2.35. The summed E-state index contributed by atoms with van der Waals surface area (Å²) in [5, 5.41) is 0. The summed E-state index contributed by atoms with van der Waals surface area (Å²) in [6.45, 7) is 3.70. The predicted molar refractivity (Wildman–Crippen MR) is 138 cm³/mol. The Morgan fingerprint density at radius 1 is 1.17 bits per heavy atom. The lowest BCUT2D eigenvalue weighted by molar-refractivity contribution is -0.139. The second-order valence-corrected chi connectivity index (χ2v) is 9.57. The minimum absolute atomic E-state index is 0.202. The van der Waals surface area contributed by atoms with Crippen molar-refractivity contribution in [3.05, 3.63) is 84.5 Å². The van der Waals surface area contributed by atoms with Crippen LogP contribution >= 0.6 is 23.1 Å². The summed E-state index contributed by atoms with van der Waals surface area (Å²) in [6.07, 6.45) is 3.86. The van der Waals surface area contributed by atoms with E-state index in [1.54, 1.807) is 62.6 Å². The number of benzene rings is 2. The van der Waals surface area contributed by atoms with Gasteiger partial charge >= 0.3 is 5.97 Å². The van der Waals surface area contributed by atoms with E-state index in [1.807, 2.05) is 36.6 Å². The number of ether oxygens (including phenoxy) is 3. The first-order valence-electron chi connectivity index (χ1n) is 11.0. The van der Waals surface area contributed by atoms with Crippen LogP contribution in [0.2, 0.25) is 0 Å². The molecule has 2 heterocycles. The second kappa shape index (κ2) is 10.5. The topological polar surface area (TPSA) is 79.1 Å². The number of esters is 1. The molecular weight excluding hydrogens is 484 g/mol. The third kappa shape index (κ3) is 4.78. The Balaban J connectivity index is 1.98. The van der Waals surface area contributed by atoms with Crippen molar-refractivity contribution in [2.45, 2.75) is 24.8 Å². The van der Waals surface area contributed by atoms with E-state index in [0.717, 1.165) is 10.5 Å². The molecule has 35 heavy (non-hydrogen) atoms. The maximum Gasteiger partial charge on any atom is 0.338 e. The maximum atomic E-state index is 13.7. The number of hydrogen-bond donors (Lipinski definition) is 0. The van der Waals surface area contributed by atoms with Crippen molar-refractivity contribution in [3.8, 4) is 11.5 Å². The Labute approximate surface area is 211 Å². The highest BCUT2D eigenvalue weighted by molar-refractivity contribution is 7.98. The van der Waals surface area contributed by atoms with Crippen molar-refractivity contribution in [1.29, 1.82) is 0 Å². The summed E-state index contributed by atoms with van der Waals surface area (Å²) in [5.74, 6) is 0.578. The van der Waals surface area contributed by atoms with Gasteiger partial charge in [-0.2, -0.15) is 0 Å². The number of hydrogen-bond acceptors (Lipinski definition) is 8. The van der Waals surface area contributed by atoms with Gasteiger partial charge in [-0.15, -0.1) is 11.8 Å². The van der Waals surface area contributed by atoms with Gasteiger partial charge in [0.2, 0.25) is 0 Å². The number of carbonyl (C=O) groups excluding carboxylic acids is 1. The van der Waals surface area contributed by atoms with Crippen LogP contribution in [0.5, 0.6) is 11.5 Å². The average molecular weight is 511 g/mol. The van der Waals surface area contributed by atoms with E-state index in [2.05, 4.69) is 4.99 Å². The first-order chi connectivity index (χ1) is 16.9. The number of fused-ring (bicyclic) bond motifs is 1. The highest BCUT2D eigenvalue weighted by Crippen LogP contribution is 2.37. The first-order valence-corrected chi connectivity index (χ1v) is 13.0. The average Bonchev–Trinajstić information content (AvgIpc) is 3.17. The smallest absolute Gasteiger partial charge is 0.338 e. The first kappa shape index (κ1) is 24.8. The van der Waals surface area contributed by atoms with Crippen LogP contribution in [-0.4, -0.2) is 37.6 Å². The van der Waals surface area contributed by atoms with Crippen LogP contribution in [0, 0.1) is 0 Å². The van der Waals surface area contributed by atoms with E-state index < -0.39 is 12.0 Å². The quantitative estimate of drug-likeness (QED) is 0.357. The number of thioether (sulfide) groups is 1. The van der Waals surface area contributed by atoms with Crippen LogP contribution in [0.4, 0.5) is 0 Å². The molecule has 1 aliphatic rings. The Hall–Kier alpha value is -3.30. The number of allylic oxidation sites excluding steroid dienone is 1. The summed E-state index contributed by atoms with van der Waals surface area (Å²) in [5.41, 5.74) is 2.06. The van der Waals surface area contributed by atoms with Gasteiger partial charge in [0.05, 0.1) is 36.6 Å². The van der Waals surface area contributed by atoms with Crippen molar-refractivity contribution in [3.63, 3.8) is 0 Å². The minimum atomic E-state index is -0.781. The van der Waals surface area contributed by atoms with Crippen molar-refractivity contribution in [1.82, 2.24) is 4.57 Å². The van der Waals surface area contributed by atoms with Crippen LogP contribution < -0.4 is 24.4 Å². The van der Waals surface area contributed by atoms with Gasteiger partial charge in [0.15, 0.2) is 4.80 Å². The van der Waals surface area contributed by atoms with E-state index in [1.165, 1.54) is 11.3 Å². The monoisotopic (exact) mass is 510 g/mol. The summed E-state index contributed by atoms with van der Waals surface area (Å²) in [4.78, 5) is 33.1. The van der Waals surface area contributed by atoms with Crippen LogP contribution in [0.25, 0.3) is 6.08 Å². The SMILES string of the molecule is CCOC(=O)C1=C(C)N=c2s/c(=C/c3ccc(SC)cc3)c(=O)n2[C@H]1c1cc(OC)ccc1OC. The van der Waals surface area contributed by atoms with Gasteiger partial charge in [0.25, 0.3) is 5.56 Å².